The topological polar surface area (TPSA) is 69.5 Å². The first kappa shape index (κ1) is 14.5. The molecule has 4 rings (SSSR count). The molecule has 1 amide bonds. The number of aromatic amines is 1. The lowest BCUT2D eigenvalue weighted by Crippen LogP contribution is -2.48. The molecule has 1 aliphatic heterocycles. The van der Waals surface area contributed by atoms with Crippen LogP contribution in [0.2, 0.25) is 5.02 Å². The Morgan fingerprint density at radius 3 is 3.09 bits per heavy atom. The molecule has 3 aromatic rings. The molecule has 0 unspecified atom stereocenters. The Kier molecular flexibility index (Phi) is 3.31. The SMILES string of the molecule is CN1c2cc(Br)[nH]c2CCN1C(=O)c1cc2ncc(Cl)cn2n1. The van der Waals surface area contributed by atoms with Crippen LogP contribution >= 0.6 is 27.5 Å². The number of carbonyl (C=O) groups is 1. The minimum atomic E-state index is -0.169. The highest BCUT2D eigenvalue weighted by atomic mass is 79.9. The number of amides is 1. The van der Waals surface area contributed by atoms with Crippen molar-refractivity contribution in [2.75, 3.05) is 18.6 Å². The minimum Gasteiger partial charge on any atom is -0.351 e. The van der Waals surface area contributed by atoms with Crippen LogP contribution in [-0.2, 0) is 6.42 Å². The van der Waals surface area contributed by atoms with Crippen LogP contribution in [0.3, 0.4) is 0 Å². The zero-order chi connectivity index (χ0) is 16.1. The molecule has 1 N–H and O–H groups in total. The van der Waals surface area contributed by atoms with Crippen molar-refractivity contribution in [1.29, 1.82) is 0 Å². The third-order valence-corrected chi connectivity index (χ3v) is 4.48. The van der Waals surface area contributed by atoms with Gasteiger partial charge in [0, 0.05) is 38.0 Å². The van der Waals surface area contributed by atoms with Gasteiger partial charge < -0.3 is 4.98 Å². The Bertz CT molecular complexity index is 919. The monoisotopic (exact) mass is 394 g/mol. The molecule has 0 bridgehead atoms. The molecule has 118 valence electrons. The third-order valence-electron chi connectivity index (χ3n) is 3.86. The second-order valence-electron chi connectivity index (χ2n) is 5.29. The Labute approximate surface area is 144 Å². The quantitative estimate of drug-likeness (QED) is 0.687. The summed E-state index contributed by atoms with van der Waals surface area (Å²) in [4.78, 5) is 20.2. The zero-order valence-electron chi connectivity index (χ0n) is 12.1. The predicted octanol–water partition coefficient (Wildman–Crippen LogP) is 2.52. The van der Waals surface area contributed by atoms with Crippen LogP contribution in [0.25, 0.3) is 5.65 Å². The number of anilines is 1. The Balaban J connectivity index is 1.68. The molecule has 0 aliphatic carbocycles. The standard InChI is InChI=1S/C14H12BrClN6O/c1-20-11-5-12(15)18-9(11)2-3-22(20)14(23)10-4-13-17-6-8(16)7-21(13)19-10/h4-7,18H,2-3H2,1H3. The zero-order valence-corrected chi connectivity index (χ0v) is 14.5. The van der Waals surface area contributed by atoms with Gasteiger partial charge in [-0.15, -0.1) is 0 Å². The molecule has 23 heavy (non-hydrogen) atoms. The predicted molar refractivity (Wildman–Crippen MR) is 89.6 cm³/mol. The van der Waals surface area contributed by atoms with Gasteiger partial charge >= 0.3 is 0 Å². The lowest BCUT2D eigenvalue weighted by atomic mass is 10.2. The fourth-order valence-electron chi connectivity index (χ4n) is 2.76. The van der Waals surface area contributed by atoms with Crippen LogP contribution < -0.4 is 5.01 Å². The molecule has 0 saturated heterocycles. The first-order valence-electron chi connectivity index (χ1n) is 6.97. The minimum absolute atomic E-state index is 0.169. The number of aromatic nitrogens is 4. The van der Waals surface area contributed by atoms with Crippen LogP contribution in [0.5, 0.6) is 0 Å². The second-order valence-corrected chi connectivity index (χ2v) is 6.58. The summed E-state index contributed by atoms with van der Waals surface area (Å²) < 4.78 is 2.41. The van der Waals surface area contributed by atoms with Gasteiger partial charge in [-0.05, 0) is 22.0 Å². The molecule has 0 spiro atoms. The number of rotatable bonds is 1. The summed E-state index contributed by atoms with van der Waals surface area (Å²) in [5, 5.41) is 8.26. The van der Waals surface area contributed by atoms with Crippen LogP contribution in [0.1, 0.15) is 16.2 Å². The number of halogens is 2. The largest absolute Gasteiger partial charge is 0.351 e. The first-order chi connectivity index (χ1) is 11.0. The molecule has 0 fully saturated rings. The van der Waals surface area contributed by atoms with Gasteiger partial charge in [0.15, 0.2) is 11.3 Å². The second kappa shape index (κ2) is 5.24. The lowest BCUT2D eigenvalue weighted by Gasteiger charge is -2.36. The number of hydrogen-bond donors (Lipinski definition) is 1. The smallest absolute Gasteiger partial charge is 0.292 e. The van der Waals surface area contributed by atoms with E-state index in [1.807, 2.05) is 18.1 Å². The van der Waals surface area contributed by atoms with Crippen molar-refractivity contribution in [1.82, 2.24) is 24.6 Å². The van der Waals surface area contributed by atoms with Crippen LogP contribution in [-0.4, -0.2) is 44.1 Å². The molecule has 0 aromatic carbocycles. The summed E-state index contributed by atoms with van der Waals surface area (Å²) in [7, 11) is 1.86. The number of fused-ring (bicyclic) bond motifs is 2. The van der Waals surface area contributed by atoms with E-state index >= 15 is 0 Å². The highest BCUT2D eigenvalue weighted by Crippen LogP contribution is 2.30. The highest BCUT2D eigenvalue weighted by Gasteiger charge is 2.29. The molecule has 7 nitrogen and oxygen atoms in total. The molecule has 0 saturated carbocycles. The molecule has 4 heterocycles. The van der Waals surface area contributed by atoms with Crippen molar-refractivity contribution in [2.24, 2.45) is 0 Å². The van der Waals surface area contributed by atoms with E-state index in [-0.39, 0.29) is 5.91 Å². The summed E-state index contributed by atoms with van der Waals surface area (Å²) >= 11 is 9.33. The Morgan fingerprint density at radius 2 is 2.26 bits per heavy atom. The maximum atomic E-state index is 12.8. The van der Waals surface area contributed by atoms with E-state index in [0.717, 1.165) is 22.4 Å². The van der Waals surface area contributed by atoms with Gasteiger partial charge in [-0.25, -0.2) is 14.5 Å². The van der Waals surface area contributed by atoms with Crippen molar-refractivity contribution in [2.45, 2.75) is 6.42 Å². The summed E-state index contributed by atoms with van der Waals surface area (Å²) in [6, 6.07) is 3.62. The average molecular weight is 396 g/mol. The average Bonchev–Trinajstić information content (AvgIpc) is 3.09. The highest BCUT2D eigenvalue weighted by molar-refractivity contribution is 9.10. The maximum Gasteiger partial charge on any atom is 0.292 e. The molecule has 0 radical (unpaired) electrons. The fraction of sp³-hybridized carbons (Fsp3) is 0.214. The number of hydrogen-bond acceptors (Lipinski definition) is 4. The summed E-state index contributed by atoms with van der Waals surface area (Å²) in [6.45, 7) is 0.581. The van der Waals surface area contributed by atoms with Gasteiger partial charge in [0.2, 0.25) is 0 Å². The number of nitrogens with zero attached hydrogens (tertiary/aromatic N) is 5. The van der Waals surface area contributed by atoms with Crippen molar-refractivity contribution in [3.63, 3.8) is 0 Å². The molecule has 1 aliphatic rings. The van der Waals surface area contributed by atoms with Gasteiger partial charge in [-0.3, -0.25) is 9.80 Å². The van der Waals surface area contributed by atoms with Gasteiger partial charge in [-0.2, -0.15) is 5.10 Å². The van der Waals surface area contributed by atoms with E-state index in [9.17, 15) is 4.79 Å². The van der Waals surface area contributed by atoms with Crippen molar-refractivity contribution in [3.05, 3.63) is 45.5 Å². The summed E-state index contributed by atoms with van der Waals surface area (Å²) in [6.07, 6.45) is 3.92. The van der Waals surface area contributed by atoms with Gasteiger partial charge in [0.05, 0.1) is 21.5 Å². The summed E-state index contributed by atoms with van der Waals surface area (Å²) in [5.41, 5.74) is 3.00. The van der Waals surface area contributed by atoms with Gasteiger partial charge in [-0.1, -0.05) is 11.6 Å². The van der Waals surface area contributed by atoms with E-state index in [2.05, 4.69) is 31.0 Å². The first-order valence-corrected chi connectivity index (χ1v) is 8.14. The number of carbonyl (C=O) groups excluding carboxylic acids is 1. The van der Waals surface area contributed by atoms with Crippen molar-refractivity contribution < 1.29 is 4.79 Å². The number of nitrogens with one attached hydrogen (secondary N) is 1. The van der Waals surface area contributed by atoms with E-state index in [4.69, 9.17) is 11.6 Å². The lowest BCUT2D eigenvalue weighted by molar-refractivity contribution is 0.0732. The van der Waals surface area contributed by atoms with Crippen molar-refractivity contribution in [3.8, 4) is 0 Å². The van der Waals surface area contributed by atoms with Gasteiger partial charge in [0.25, 0.3) is 5.91 Å². The van der Waals surface area contributed by atoms with E-state index in [0.29, 0.717) is 22.9 Å². The Morgan fingerprint density at radius 1 is 1.43 bits per heavy atom. The van der Waals surface area contributed by atoms with E-state index in [1.54, 1.807) is 17.3 Å². The molecule has 9 heteroatoms. The van der Waals surface area contributed by atoms with Crippen LogP contribution in [0, 0.1) is 0 Å². The van der Waals surface area contributed by atoms with Crippen LogP contribution in [0.15, 0.2) is 29.1 Å². The number of hydrazine groups is 1. The Hall–Kier alpha value is -2.06. The van der Waals surface area contributed by atoms with Crippen molar-refractivity contribution >= 4 is 44.8 Å². The molecular formula is C14H12BrClN6O. The van der Waals surface area contributed by atoms with E-state index in [1.165, 1.54) is 10.7 Å². The molecule has 0 atom stereocenters. The maximum absolute atomic E-state index is 12.8. The number of H-pyrrole nitrogens is 1. The normalized spacial score (nSPS) is 14.4. The fourth-order valence-corrected chi connectivity index (χ4v) is 3.35. The third kappa shape index (κ3) is 2.38. The molecule has 3 aromatic heterocycles. The van der Waals surface area contributed by atoms with E-state index < -0.39 is 0 Å². The van der Waals surface area contributed by atoms with Gasteiger partial charge in [0.1, 0.15) is 0 Å². The molecular weight excluding hydrogens is 384 g/mol. The van der Waals surface area contributed by atoms with Crippen LogP contribution in [0.4, 0.5) is 5.69 Å². The summed E-state index contributed by atoms with van der Waals surface area (Å²) in [5.74, 6) is -0.169.